The summed E-state index contributed by atoms with van der Waals surface area (Å²) in [5.74, 6) is -1.12. The van der Waals surface area contributed by atoms with Gasteiger partial charge >= 0.3 is 12.6 Å². The first-order valence-corrected chi connectivity index (χ1v) is 10.3. The molecular weight excluding hydrogens is 398 g/mol. The number of esters is 1. The number of ether oxygens (including phenoxy) is 3. The molecule has 1 saturated carbocycles. The Morgan fingerprint density at radius 2 is 1.77 bits per heavy atom. The van der Waals surface area contributed by atoms with Crippen LogP contribution in [0.15, 0.2) is 24.3 Å². The summed E-state index contributed by atoms with van der Waals surface area (Å²) in [6, 6.07) is 5.12. The monoisotopic (exact) mass is 426 g/mol. The second-order valence-electron chi connectivity index (χ2n) is 7.64. The number of hydrogen-bond donors (Lipinski definition) is 1. The van der Waals surface area contributed by atoms with E-state index in [1.165, 1.54) is 30.7 Å². The van der Waals surface area contributed by atoms with Crippen LogP contribution in [0.5, 0.6) is 5.75 Å². The summed E-state index contributed by atoms with van der Waals surface area (Å²) in [5, 5.41) is 2.93. The molecule has 0 aromatic heterocycles. The molecule has 1 aromatic carbocycles. The molecule has 3 rings (SSSR count). The van der Waals surface area contributed by atoms with Crippen LogP contribution < -0.4 is 10.1 Å². The second-order valence-corrected chi connectivity index (χ2v) is 7.64. The lowest BCUT2D eigenvalue weighted by atomic mass is 9.79. The highest BCUT2D eigenvalue weighted by molar-refractivity contribution is 5.91. The fourth-order valence-electron chi connectivity index (χ4n) is 4.15. The molecule has 0 atom stereocenters. The fourth-order valence-corrected chi connectivity index (χ4v) is 4.15. The molecule has 1 heterocycles. The standard InChI is InChI=1S/C21H28F2N2O5/c22-20(23)30-17-6-4-16(5-7-17)19(27)29-14-18(26)24-15-21(8-2-1-3-9-21)25-10-12-28-13-11-25/h4-7,20H,1-3,8-15H2,(H,24,26). The summed E-state index contributed by atoms with van der Waals surface area (Å²) < 4.78 is 39.1. The molecule has 0 bridgehead atoms. The summed E-state index contributed by atoms with van der Waals surface area (Å²) in [6.45, 7) is 0.308. The Hall–Kier alpha value is -2.26. The van der Waals surface area contributed by atoms with Gasteiger partial charge in [-0.1, -0.05) is 19.3 Å². The molecule has 1 saturated heterocycles. The molecule has 166 valence electrons. The Labute approximate surface area is 174 Å². The number of benzene rings is 1. The maximum Gasteiger partial charge on any atom is 0.387 e. The average molecular weight is 426 g/mol. The van der Waals surface area contributed by atoms with E-state index in [0.717, 1.165) is 38.8 Å². The van der Waals surface area contributed by atoms with E-state index in [1.54, 1.807) is 0 Å². The summed E-state index contributed by atoms with van der Waals surface area (Å²) in [5.41, 5.74) is 0.0869. The number of nitrogens with one attached hydrogen (secondary N) is 1. The third kappa shape index (κ3) is 6.12. The number of nitrogens with zero attached hydrogens (tertiary/aromatic N) is 1. The van der Waals surface area contributed by atoms with Gasteiger partial charge in [-0.05, 0) is 37.1 Å². The number of rotatable bonds is 8. The van der Waals surface area contributed by atoms with Crippen molar-refractivity contribution >= 4 is 11.9 Å². The SMILES string of the molecule is O=C(COC(=O)c1ccc(OC(F)F)cc1)NCC1(N2CCOCC2)CCCCC1. The average Bonchev–Trinajstić information content (AvgIpc) is 2.77. The first-order valence-electron chi connectivity index (χ1n) is 10.3. The first-order chi connectivity index (χ1) is 14.5. The lowest BCUT2D eigenvalue weighted by molar-refractivity contribution is -0.125. The van der Waals surface area contributed by atoms with Crippen LogP contribution in [0.4, 0.5) is 8.78 Å². The summed E-state index contributed by atoms with van der Waals surface area (Å²) in [4.78, 5) is 26.8. The molecule has 0 radical (unpaired) electrons. The van der Waals surface area contributed by atoms with Crippen molar-refractivity contribution in [2.45, 2.75) is 44.3 Å². The van der Waals surface area contributed by atoms with Gasteiger partial charge in [-0.3, -0.25) is 9.69 Å². The van der Waals surface area contributed by atoms with Crippen molar-refractivity contribution in [3.63, 3.8) is 0 Å². The highest BCUT2D eigenvalue weighted by Gasteiger charge is 2.38. The minimum atomic E-state index is -2.93. The molecule has 0 unspecified atom stereocenters. The molecule has 1 amide bonds. The highest BCUT2D eigenvalue weighted by Crippen LogP contribution is 2.33. The van der Waals surface area contributed by atoms with Gasteiger partial charge in [0.25, 0.3) is 5.91 Å². The van der Waals surface area contributed by atoms with Gasteiger partial charge in [0.1, 0.15) is 5.75 Å². The smallest absolute Gasteiger partial charge is 0.387 e. The second kappa shape index (κ2) is 10.7. The minimum absolute atomic E-state index is 0.0554. The largest absolute Gasteiger partial charge is 0.452 e. The van der Waals surface area contributed by atoms with E-state index in [9.17, 15) is 18.4 Å². The van der Waals surface area contributed by atoms with Gasteiger partial charge in [0.2, 0.25) is 0 Å². The van der Waals surface area contributed by atoms with Crippen molar-refractivity contribution in [1.29, 1.82) is 0 Å². The number of carbonyl (C=O) groups is 2. The van der Waals surface area contributed by atoms with Crippen molar-refractivity contribution < 1.29 is 32.6 Å². The van der Waals surface area contributed by atoms with Crippen LogP contribution >= 0.6 is 0 Å². The molecule has 0 spiro atoms. The quantitative estimate of drug-likeness (QED) is 0.644. The topological polar surface area (TPSA) is 77.1 Å². The van der Waals surface area contributed by atoms with Gasteiger partial charge in [0.15, 0.2) is 6.61 Å². The van der Waals surface area contributed by atoms with Gasteiger partial charge in [0.05, 0.1) is 18.8 Å². The minimum Gasteiger partial charge on any atom is -0.452 e. The Morgan fingerprint density at radius 1 is 1.10 bits per heavy atom. The molecule has 9 heteroatoms. The van der Waals surface area contributed by atoms with Gasteiger partial charge in [0, 0.05) is 25.2 Å². The zero-order valence-corrected chi connectivity index (χ0v) is 16.9. The zero-order valence-electron chi connectivity index (χ0n) is 16.9. The third-order valence-corrected chi connectivity index (χ3v) is 5.73. The Morgan fingerprint density at radius 3 is 2.40 bits per heavy atom. The molecule has 1 aromatic rings. The van der Waals surface area contributed by atoms with E-state index in [-0.39, 0.29) is 22.8 Å². The van der Waals surface area contributed by atoms with E-state index >= 15 is 0 Å². The van der Waals surface area contributed by atoms with Crippen LogP contribution in [0.3, 0.4) is 0 Å². The van der Waals surface area contributed by atoms with Crippen LogP contribution in [-0.4, -0.2) is 68.4 Å². The molecule has 1 aliphatic heterocycles. The lowest BCUT2D eigenvalue weighted by Gasteiger charge is -2.48. The molecule has 1 N–H and O–H groups in total. The zero-order chi connectivity index (χ0) is 21.4. The highest BCUT2D eigenvalue weighted by atomic mass is 19.3. The number of amides is 1. The van der Waals surface area contributed by atoms with Crippen molar-refractivity contribution in [3.05, 3.63) is 29.8 Å². The number of carbonyl (C=O) groups excluding carboxylic acids is 2. The van der Waals surface area contributed by atoms with E-state index < -0.39 is 19.2 Å². The van der Waals surface area contributed by atoms with Crippen LogP contribution in [0.2, 0.25) is 0 Å². The maximum absolute atomic E-state index is 12.3. The van der Waals surface area contributed by atoms with E-state index in [1.807, 2.05) is 0 Å². The maximum atomic E-state index is 12.3. The van der Waals surface area contributed by atoms with Crippen LogP contribution in [-0.2, 0) is 14.3 Å². The Bertz CT molecular complexity index is 702. The molecule has 30 heavy (non-hydrogen) atoms. The molecule has 1 aliphatic carbocycles. The Balaban J connectivity index is 1.47. The third-order valence-electron chi connectivity index (χ3n) is 5.73. The molecule has 2 fully saturated rings. The Kier molecular flexibility index (Phi) is 7.98. The predicted octanol–water partition coefficient (Wildman–Crippen LogP) is 2.60. The number of alkyl halides is 2. The lowest BCUT2D eigenvalue weighted by Crippen LogP contribution is -2.59. The van der Waals surface area contributed by atoms with Gasteiger partial charge < -0.3 is 19.5 Å². The van der Waals surface area contributed by atoms with Crippen molar-refractivity contribution in [2.75, 3.05) is 39.5 Å². The van der Waals surface area contributed by atoms with Crippen LogP contribution in [0.25, 0.3) is 0 Å². The summed E-state index contributed by atoms with van der Waals surface area (Å²) in [7, 11) is 0. The van der Waals surface area contributed by atoms with Gasteiger partial charge in [-0.25, -0.2) is 4.79 Å². The summed E-state index contributed by atoms with van der Waals surface area (Å²) in [6.07, 6.45) is 5.53. The molecule has 7 nitrogen and oxygen atoms in total. The van der Waals surface area contributed by atoms with Crippen molar-refractivity contribution in [2.24, 2.45) is 0 Å². The van der Waals surface area contributed by atoms with Gasteiger partial charge in [-0.2, -0.15) is 8.78 Å². The predicted molar refractivity (Wildman–Crippen MR) is 105 cm³/mol. The van der Waals surface area contributed by atoms with Crippen molar-refractivity contribution in [3.8, 4) is 5.75 Å². The number of hydrogen-bond acceptors (Lipinski definition) is 6. The normalized spacial score (nSPS) is 19.3. The van der Waals surface area contributed by atoms with Crippen LogP contribution in [0.1, 0.15) is 42.5 Å². The number of halogens is 2. The molecule has 2 aliphatic rings. The van der Waals surface area contributed by atoms with E-state index in [4.69, 9.17) is 9.47 Å². The van der Waals surface area contributed by atoms with E-state index in [2.05, 4.69) is 15.0 Å². The fraction of sp³-hybridized carbons (Fsp3) is 0.619. The van der Waals surface area contributed by atoms with Gasteiger partial charge in [-0.15, -0.1) is 0 Å². The molecular formula is C21H28F2N2O5. The van der Waals surface area contributed by atoms with Crippen molar-refractivity contribution in [1.82, 2.24) is 10.2 Å². The van der Waals surface area contributed by atoms with E-state index in [0.29, 0.717) is 19.8 Å². The van der Waals surface area contributed by atoms with Crippen LogP contribution in [0, 0.1) is 0 Å². The number of morpholine rings is 1. The first kappa shape index (κ1) is 22.4. The summed E-state index contributed by atoms with van der Waals surface area (Å²) >= 11 is 0.